The number of aliphatic hydroxyl groups excluding tert-OH is 1. The maximum atomic E-state index is 14.4. The lowest BCUT2D eigenvalue weighted by Gasteiger charge is -2.35. The molecule has 0 spiro atoms. The second kappa shape index (κ2) is 15.1. The highest BCUT2D eigenvalue weighted by atomic mass is 16.3. The molecule has 3 amide bonds. The molecule has 236 valence electrons. The average molecular weight is 601 g/mol. The zero-order valence-corrected chi connectivity index (χ0v) is 26.9. The SMILES string of the molecule is CN(C(=O)/C=C/CC(C)(C)N)[C@H](Cc1ccc2ccccc2c1)C(=O)N(C)[C@H](Cc1ccccc1)C(=O)NCC(C)(C)CO. The Morgan fingerprint density at radius 3 is 2.09 bits per heavy atom. The number of aliphatic hydroxyl groups is 1. The first-order chi connectivity index (χ1) is 20.7. The molecule has 8 nitrogen and oxygen atoms in total. The average Bonchev–Trinajstić information content (AvgIpc) is 3.00. The van der Waals surface area contributed by atoms with Gasteiger partial charge in [0.2, 0.25) is 17.7 Å². The molecular formula is C36H48N4O4. The molecule has 0 saturated heterocycles. The van der Waals surface area contributed by atoms with Crippen LogP contribution in [-0.4, -0.2) is 77.5 Å². The Kier molecular flexibility index (Phi) is 11.9. The number of hydrogen-bond donors (Lipinski definition) is 3. The minimum absolute atomic E-state index is 0.0962. The Labute approximate surface area is 261 Å². The Bertz CT molecular complexity index is 1450. The van der Waals surface area contributed by atoms with E-state index in [-0.39, 0.29) is 37.3 Å². The van der Waals surface area contributed by atoms with Crippen LogP contribution in [0.5, 0.6) is 0 Å². The minimum Gasteiger partial charge on any atom is -0.396 e. The number of carbonyl (C=O) groups is 3. The molecule has 0 heterocycles. The van der Waals surface area contributed by atoms with Crippen LogP contribution in [0.15, 0.2) is 84.9 Å². The summed E-state index contributed by atoms with van der Waals surface area (Å²) in [5, 5.41) is 14.8. The highest BCUT2D eigenvalue weighted by molar-refractivity contribution is 5.95. The summed E-state index contributed by atoms with van der Waals surface area (Å²) in [5.41, 5.74) is 6.89. The fraction of sp³-hybridized carbons (Fsp3) is 0.417. The van der Waals surface area contributed by atoms with E-state index in [0.29, 0.717) is 12.8 Å². The van der Waals surface area contributed by atoms with Gasteiger partial charge >= 0.3 is 0 Å². The number of likely N-dealkylation sites (N-methyl/N-ethyl adjacent to an activating group) is 2. The quantitative estimate of drug-likeness (QED) is 0.241. The third-order valence-electron chi connectivity index (χ3n) is 7.81. The van der Waals surface area contributed by atoms with Gasteiger partial charge in [0.1, 0.15) is 12.1 Å². The van der Waals surface area contributed by atoms with Crippen molar-refractivity contribution in [3.8, 4) is 0 Å². The normalized spacial score (nSPS) is 13.5. The molecule has 4 N–H and O–H groups in total. The van der Waals surface area contributed by atoms with E-state index in [1.165, 1.54) is 15.9 Å². The van der Waals surface area contributed by atoms with E-state index in [1.807, 2.05) is 100 Å². The highest BCUT2D eigenvalue weighted by Crippen LogP contribution is 2.20. The summed E-state index contributed by atoms with van der Waals surface area (Å²) in [6.07, 6.45) is 4.25. The third-order valence-corrected chi connectivity index (χ3v) is 7.81. The van der Waals surface area contributed by atoms with Gasteiger partial charge in [-0.1, -0.05) is 92.7 Å². The Balaban J connectivity index is 1.96. The van der Waals surface area contributed by atoms with E-state index in [1.54, 1.807) is 20.2 Å². The number of carbonyl (C=O) groups excluding carboxylic acids is 3. The Hall–Kier alpha value is -4.01. The summed E-state index contributed by atoms with van der Waals surface area (Å²) >= 11 is 0. The molecule has 0 fully saturated rings. The number of nitrogens with one attached hydrogen (secondary N) is 1. The van der Waals surface area contributed by atoms with E-state index < -0.39 is 23.0 Å². The first kappa shape index (κ1) is 34.5. The van der Waals surface area contributed by atoms with Crippen LogP contribution in [0.2, 0.25) is 0 Å². The van der Waals surface area contributed by atoms with E-state index in [0.717, 1.165) is 21.9 Å². The van der Waals surface area contributed by atoms with E-state index in [2.05, 4.69) is 5.32 Å². The summed E-state index contributed by atoms with van der Waals surface area (Å²) in [5.74, 6) is -0.996. The van der Waals surface area contributed by atoms with Gasteiger partial charge in [-0.2, -0.15) is 0 Å². The van der Waals surface area contributed by atoms with Gasteiger partial charge in [0.25, 0.3) is 0 Å². The molecule has 44 heavy (non-hydrogen) atoms. The highest BCUT2D eigenvalue weighted by Gasteiger charge is 2.35. The van der Waals surface area contributed by atoms with Gasteiger partial charge in [0.15, 0.2) is 0 Å². The minimum atomic E-state index is -0.871. The van der Waals surface area contributed by atoms with Crippen LogP contribution in [-0.2, 0) is 27.2 Å². The zero-order chi connectivity index (χ0) is 32.5. The number of fused-ring (bicyclic) bond motifs is 1. The first-order valence-corrected chi connectivity index (χ1v) is 15.1. The van der Waals surface area contributed by atoms with E-state index in [4.69, 9.17) is 5.73 Å². The van der Waals surface area contributed by atoms with E-state index >= 15 is 0 Å². The Morgan fingerprint density at radius 1 is 0.841 bits per heavy atom. The molecule has 3 aromatic carbocycles. The van der Waals surface area contributed by atoms with Crippen LogP contribution in [0, 0.1) is 5.41 Å². The molecule has 8 heteroatoms. The van der Waals surface area contributed by atoms with Crippen molar-refractivity contribution in [2.45, 2.75) is 64.6 Å². The van der Waals surface area contributed by atoms with Gasteiger partial charge in [-0.25, -0.2) is 0 Å². The van der Waals surface area contributed by atoms with Crippen LogP contribution >= 0.6 is 0 Å². The van der Waals surface area contributed by atoms with Crippen LogP contribution in [0.1, 0.15) is 45.2 Å². The van der Waals surface area contributed by atoms with Crippen molar-refractivity contribution in [1.29, 1.82) is 0 Å². The van der Waals surface area contributed by atoms with Gasteiger partial charge in [0, 0.05) is 51.0 Å². The predicted octanol–water partition coefficient (Wildman–Crippen LogP) is 4.10. The lowest BCUT2D eigenvalue weighted by Crippen LogP contribution is -2.56. The first-order valence-electron chi connectivity index (χ1n) is 15.1. The topological polar surface area (TPSA) is 116 Å². The van der Waals surface area contributed by atoms with Crippen molar-refractivity contribution in [2.24, 2.45) is 11.1 Å². The van der Waals surface area contributed by atoms with Gasteiger partial charge in [-0.3, -0.25) is 14.4 Å². The largest absolute Gasteiger partial charge is 0.396 e. The molecule has 0 aromatic heterocycles. The van der Waals surface area contributed by atoms with Crippen LogP contribution in [0.25, 0.3) is 10.8 Å². The number of amides is 3. The molecule has 3 rings (SSSR count). The number of rotatable bonds is 14. The Morgan fingerprint density at radius 2 is 1.45 bits per heavy atom. The van der Waals surface area contributed by atoms with Crippen molar-refractivity contribution in [1.82, 2.24) is 15.1 Å². The maximum Gasteiger partial charge on any atom is 0.246 e. The van der Waals surface area contributed by atoms with Gasteiger partial charge in [-0.05, 0) is 48.2 Å². The number of nitrogens with two attached hydrogens (primary N) is 1. The molecule has 0 aliphatic carbocycles. The fourth-order valence-electron chi connectivity index (χ4n) is 4.85. The molecule has 0 aliphatic heterocycles. The number of nitrogens with zero attached hydrogens (tertiary/aromatic N) is 2. The molecule has 0 unspecified atom stereocenters. The van der Waals surface area contributed by atoms with Crippen molar-refractivity contribution < 1.29 is 19.5 Å². The van der Waals surface area contributed by atoms with Crippen LogP contribution in [0.4, 0.5) is 0 Å². The van der Waals surface area contributed by atoms with Crippen LogP contribution in [0.3, 0.4) is 0 Å². The monoisotopic (exact) mass is 600 g/mol. The lowest BCUT2D eigenvalue weighted by atomic mass is 9.94. The second-order valence-electron chi connectivity index (χ2n) is 13.1. The van der Waals surface area contributed by atoms with Crippen molar-refractivity contribution in [3.05, 3.63) is 96.1 Å². The summed E-state index contributed by atoms with van der Waals surface area (Å²) in [4.78, 5) is 44.2. The summed E-state index contributed by atoms with van der Waals surface area (Å²) in [7, 11) is 3.24. The lowest BCUT2D eigenvalue weighted by molar-refractivity contribution is -0.146. The molecular weight excluding hydrogens is 552 g/mol. The van der Waals surface area contributed by atoms with Gasteiger partial charge < -0.3 is 26.0 Å². The standard InChI is InChI=1S/C36H48N4O4/c1-35(2,25-41)24-38-33(43)30(22-26-13-8-7-9-14-26)40(6)34(44)31(39(5)32(42)17-12-20-36(3,4)37)23-27-18-19-28-15-10-11-16-29(28)21-27/h7-19,21,30-31,41H,20,22-25,37H2,1-6H3,(H,38,43)/b17-12+/t30-,31-/m1/s1. The number of benzene rings is 3. The summed E-state index contributed by atoms with van der Waals surface area (Å²) < 4.78 is 0. The molecule has 0 saturated carbocycles. The van der Waals surface area contributed by atoms with Crippen molar-refractivity contribution in [2.75, 3.05) is 27.2 Å². The molecule has 0 bridgehead atoms. The second-order valence-corrected chi connectivity index (χ2v) is 13.1. The van der Waals surface area contributed by atoms with Crippen molar-refractivity contribution >= 4 is 28.5 Å². The number of hydrogen-bond acceptors (Lipinski definition) is 5. The van der Waals surface area contributed by atoms with Crippen LogP contribution < -0.4 is 11.1 Å². The van der Waals surface area contributed by atoms with Gasteiger partial charge in [0.05, 0.1) is 0 Å². The molecule has 0 radical (unpaired) electrons. The smallest absolute Gasteiger partial charge is 0.246 e. The zero-order valence-electron chi connectivity index (χ0n) is 26.9. The third kappa shape index (κ3) is 10.0. The summed E-state index contributed by atoms with van der Waals surface area (Å²) in [6, 6.07) is 21.8. The predicted molar refractivity (Wildman–Crippen MR) is 177 cm³/mol. The fourth-order valence-corrected chi connectivity index (χ4v) is 4.85. The molecule has 3 aromatic rings. The molecule has 2 atom stereocenters. The maximum absolute atomic E-state index is 14.4. The van der Waals surface area contributed by atoms with Gasteiger partial charge in [-0.15, -0.1) is 0 Å². The van der Waals surface area contributed by atoms with E-state index in [9.17, 15) is 19.5 Å². The summed E-state index contributed by atoms with van der Waals surface area (Å²) in [6.45, 7) is 7.62. The van der Waals surface area contributed by atoms with Crippen molar-refractivity contribution in [3.63, 3.8) is 0 Å². The molecule has 0 aliphatic rings.